The van der Waals surface area contributed by atoms with E-state index in [1.165, 1.54) is 19.3 Å². The van der Waals surface area contributed by atoms with Crippen molar-refractivity contribution in [3.8, 4) is 11.5 Å². The van der Waals surface area contributed by atoms with Crippen LogP contribution in [0, 0.1) is 0 Å². The van der Waals surface area contributed by atoms with Gasteiger partial charge in [0.1, 0.15) is 0 Å². The Balaban J connectivity index is 1.68. The number of rotatable bonds is 7. The SMILES string of the molecule is COc1cc(/C=C/C(=O)c2ccccc2)ccc1OC(=O)/C=C/c1ccccc1. The zero-order chi connectivity index (χ0) is 20.5. The average molecular weight is 384 g/mol. The van der Waals surface area contributed by atoms with Crippen molar-refractivity contribution in [2.24, 2.45) is 0 Å². The van der Waals surface area contributed by atoms with E-state index in [4.69, 9.17) is 9.47 Å². The number of allylic oxidation sites excluding steroid dienone is 1. The minimum atomic E-state index is -0.505. The molecule has 3 rings (SSSR count). The van der Waals surface area contributed by atoms with Crippen molar-refractivity contribution in [2.75, 3.05) is 7.11 Å². The second-order valence-corrected chi connectivity index (χ2v) is 6.14. The summed E-state index contributed by atoms with van der Waals surface area (Å²) >= 11 is 0. The standard InChI is InChI=1S/C25H20O4/c1-28-24-18-20(12-15-22(26)21-10-6-3-7-11-21)13-16-23(24)29-25(27)17-14-19-8-4-2-5-9-19/h2-18H,1H3/b15-12+,17-14+. The molecule has 0 fully saturated rings. The second kappa shape index (κ2) is 9.85. The third-order valence-electron chi connectivity index (χ3n) is 4.10. The van der Waals surface area contributed by atoms with Crippen molar-refractivity contribution in [3.63, 3.8) is 0 Å². The van der Waals surface area contributed by atoms with Gasteiger partial charge in [0, 0.05) is 11.6 Å². The van der Waals surface area contributed by atoms with Crippen LogP contribution in [0.15, 0.2) is 91.0 Å². The van der Waals surface area contributed by atoms with Crippen LogP contribution in [0.3, 0.4) is 0 Å². The molecule has 4 nitrogen and oxygen atoms in total. The molecule has 0 aliphatic heterocycles. The van der Waals surface area contributed by atoms with Gasteiger partial charge < -0.3 is 9.47 Å². The van der Waals surface area contributed by atoms with E-state index in [0.29, 0.717) is 17.1 Å². The van der Waals surface area contributed by atoms with Gasteiger partial charge in [-0.1, -0.05) is 72.8 Å². The summed E-state index contributed by atoms with van der Waals surface area (Å²) in [7, 11) is 1.50. The largest absolute Gasteiger partial charge is 0.493 e. The van der Waals surface area contributed by atoms with Gasteiger partial charge in [0.25, 0.3) is 0 Å². The van der Waals surface area contributed by atoms with Crippen molar-refractivity contribution in [2.45, 2.75) is 0 Å². The van der Waals surface area contributed by atoms with E-state index in [1.54, 1.807) is 42.5 Å². The molecule has 0 aliphatic rings. The zero-order valence-corrected chi connectivity index (χ0v) is 15.9. The molecule has 0 unspecified atom stereocenters. The fourth-order valence-electron chi connectivity index (χ4n) is 2.61. The number of ether oxygens (including phenoxy) is 2. The second-order valence-electron chi connectivity index (χ2n) is 6.14. The van der Waals surface area contributed by atoms with Crippen LogP contribution in [-0.2, 0) is 4.79 Å². The van der Waals surface area contributed by atoms with Gasteiger partial charge in [-0.15, -0.1) is 0 Å². The third-order valence-corrected chi connectivity index (χ3v) is 4.10. The first-order valence-corrected chi connectivity index (χ1v) is 9.06. The van der Waals surface area contributed by atoms with Gasteiger partial charge in [-0.3, -0.25) is 4.79 Å². The van der Waals surface area contributed by atoms with Gasteiger partial charge in [-0.2, -0.15) is 0 Å². The van der Waals surface area contributed by atoms with Crippen molar-refractivity contribution in [1.29, 1.82) is 0 Å². The highest BCUT2D eigenvalue weighted by molar-refractivity contribution is 6.06. The van der Waals surface area contributed by atoms with Crippen molar-refractivity contribution < 1.29 is 19.1 Å². The monoisotopic (exact) mass is 384 g/mol. The summed E-state index contributed by atoms with van der Waals surface area (Å²) in [5.74, 6) is 0.114. The highest BCUT2D eigenvalue weighted by atomic mass is 16.6. The molecule has 144 valence electrons. The highest BCUT2D eigenvalue weighted by Gasteiger charge is 2.09. The molecule has 0 aromatic heterocycles. The Bertz CT molecular complexity index is 1030. The molecule has 4 heteroatoms. The molecule has 0 saturated heterocycles. The molecule has 0 N–H and O–H groups in total. The molecule has 0 bridgehead atoms. The molecule has 29 heavy (non-hydrogen) atoms. The zero-order valence-electron chi connectivity index (χ0n) is 15.9. The van der Waals surface area contributed by atoms with Gasteiger partial charge in [0.05, 0.1) is 7.11 Å². The van der Waals surface area contributed by atoms with E-state index in [2.05, 4.69) is 0 Å². The molecular formula is C25H20O4. The average Bonchev–Trinajstić information content (AvgIpc) is 2.78. The van der Waals surface area contributed by atoms with E-state index in [0.717, 1.165) is 11.1 Å². The maximum atomic E-state index is 12.2. The Hall–Kier alpha value is -3.92. The summed E-state index contributed by atoms with van der Waals surface area (Å²) in [5.41, 5.74) is 2.28. The minimum absolute atomic E-state index is 0.0916. The lowest BCUT2D eigenvalue weighted by Gasteiger charge is -2.08. The Morgan fingerprint density at radius 3 is 2.07 bits per heavy atom. The number of hydrogen-bond acceptors (Lipinski definition) is 4. The fraction of sp³-hybridized carbons (Fsp3) is 0.0400. The lowest BCUT2D eigenvalue weighted by Crippen LogP contribution is -2.05. The van der Waals surface area contributed by atoms with E-state index in [-0.39, 0.29) is 5.78 Å². The van der Waals surface area contributed by atoms with Gasteiger partial charge >= 0.3 is 5.97 Å². The predicted octanol–water partition coefficient (Wildman–Crippen LogP) is 5.21. The predicted molar refractivity (Wildman–Crippen MR) is 114 cm³/mol. The number of methoxy groups -OCH3 is 1. The van der Waals surface area contributed by atoms with Crippen molar-refractivity contribution in [3.05, 3.63) is 108 Å². The molecule has 0 spiro atoms. The molecule has 0 saturated carbocycles. The summed E-state index contributed by atoms with van der Waals surface area (Å²) in [6.07, 6.45) is 6.24. The number of carbonyl (C=O) groups excluding carboxylic acids is 2. The summed E-state index contributed by atoms with van der Waals surface area (Å²) in [6.45, 7) is 0. The van der Waals surface area contributed by atoms with Crippen LogP contribution in [0.25, 0.3) is 12.2 Å². The van der Waals surface area contributed by atoms with Crippen molar-refractivity contribution in [1.82, 2.24) is 0 Å². The number of esters is 1. The number of hydrogen-bond donors (Lipinski definition) is 0. The van der Waals surface area contributed by atoms with Crippen LogP contribution in [0.4, 0.5) is 0 Å². The number of carbonyl (C=O) groups is 2. The van der Waals surface area contributed by atoms with Gasteiger partial charge in [-0.25, -0.2) is 4.79 Å². The first-order chi connectivity index (χ1) is 14.2. The number of ketones is 1. The summed E-state index contributed by atoms with van der Waals surface area (Å²) in [5, 5.41) is 0. The first kappa shape index (κ1) is 19.8. The maximum Gasteiger partial charge on any atom is 0.336 e. The summed E-state index contributed by atoms with van der Waals surface area (Å²) < 4.78 is 10.7. The molecule has 0 atom stereocenters. The van der Waals surface area contributed by atoms with E-state index in [9.17, 15) is 9.59 Å². The summed E-state index contributed by atoms with van der Waals surface area (Å²) in [6, 6.07) is 23.6. The molecular weight excluding hydrogens is 364 g/mol. The smallest absolute Gasteiger partial charge is 0.336 e. The quantitative estimate of drug-likeness (QED) is 0.243. The van der Waals surface area contributed by atoms with E-state index < -0.39 is 5.97 Å². The molecule has 0 amide bonds. The third kappa shape index (κ3) is 5.78. The topological polar surface area (TPSA) is 52.6 Å². The highest BCUT2D eigenvalue weighted by Crippen LogP contribution is 2.29. The lowest BCUT2D eigenvalue weighted by atomic mass is 10.1. The first-order valence-electron chi connectivity index (χ1n) is 9.06. The van der Waals surface area contributed by atoms with Gasteiger partial charge in [0.15, 0.2) is 17.3 Å². The van der Waals surface area contributed by atoms with Gasteiger partial charge in [-0.05, 0) is 35.4 Å². The van der Waals surface area contributed by atoms with Crippen LogP contribution in [0.1, 0.15) is 21.5 Å². The van der Waals surface area contributed by atoms with Crippen LogP contribution in [0.5, 0.6) is 11.5 Å². The minimum Gasteiger partial charge on any atom is -0.493 e. The molecule has 3 aromatic carbocycles. The van der Waals surface area contributed by atoms with E-state index >= 15 is 0 Å². The van der Waals surface area contributed by atoms with Crippen LogP contribution >= 0.6 is 0 Å². The molecule has 0 heterocycles. The molecule has 3 aromatic rings. The molecule has 0 radical (unpaired) electrons. The Labute approximate surface area is 169 Å². The Morgan fingerprint density at radius 2 is 1.38 bits per heavy atom. The molecule has 0 aliphatic carbocycles. The lowest BCUT2D eigenvalue weighted by molar-refractivity contribution is -0.129. The summed E-state index contributed by atoms with van der Waals surface area (Å²) in [4.78, 5) is 24.3. The van der Waals surface area contributed by atoms with Gasteiger partial charge in [0.2, 0.25) is 0 Å². The normalized spacial score (nSPS) is 10.9. The maximum absolute atomic E-state index is 12.2. The van der Waals surface area contributed by atoms with Crippen LogP contribution < -0.4 is 9.47 Å². The van der Waals surface area contributed by atoms with E-state index in [1.807, 2.05) is 48.5 Å². The van der Waals surface area contributed by atoms with Crippen LogP contribution in [0.2, 0.25) is 0 Å². The Kier molecular flexibility index (Phi) is 6.74. The van der Waals surface area contributed by atoms with Crippen molar-refractivity contribution >= 4 is 23.9 Å². The Morgan fingerprint density at radius 1 is 0.724 bits per heavy atom. The number of benzene rings is 3. The van der Waals surface area contributed by atoms with Crippen LogP contribution in [-0.4, -0.2) is 18.9 Å². The fourth-order valence-corrected chi connectivity index (χ4v) is 2.61.